The Morgan fingerprint density at radius 3 is 3.10 bits per heavy atom. The average molecular weight is 280 g/mol. The Hall–Kier alpha value is -1.77. The van der Waals surface area contributed by atoms with Crippen molar-refractivity contribution in [3.63, 3.8) is 0 Å². The molecule has 8 nitrogen and oxygen atoms in total. The molecule has 3 atom stereocenters. The number of H-pyrrole nitrogens is 1. The van der Waals surface area contributed by atoms with Crippen LogP contribution in [0.2, 0.25) is 0 Å². The number of methoxy groups -OCH3 is 2. The van der Waals surface area contributed by atoms with Crippen LogP contribution in [-0.4, -0.2) is 52.6 Å². The summed E-state index contributed by atoms with van der Waals surface area (Å²) in [5.74, 6) is 0. The number of aromatic amines is 1. The molecule has 0 unspecified atom stereocenters. The maximum atomic E-state index is 11.6. The molecule has 0 saturated carbocycles. The van der Waals surface area contributed by atoms with Crippen LogP contribution in [0.5, 0.6) is 0 Å². The minimum absolute atomic E-state index is 0.0561. The minimum atomic E-state index is -0.264. The normalized spacial score (nSPS) is 26.4. The molecule has 0 aromatic carbocycles. The lowest BCUT2D eigenvalue weighted by Gasteiger charge is -2.15. The largest absolute Gasteiger partial charge is 0.382 e. The zero-order valence-electron chi connectivity index (χ0n) is 11.3. The summed E-state index contributed by atoms with van der Waals surface area (Å²) in [6.07, 6.45) is 3.12. The van der Waals surface area contributed by atoms with Gasteiger partial charge in [-0.1, -0.05) is 0 Å². The third-order valence-electron chi connectivity index (χ3n) is 3.49. The Kier molecular flexibility index (Phi) is 3.51. The van der Waals surface area contributed by atoms with E-state index in [-0.39, 0.29) is 24.0 Å². The standard InChI is InChI=1S/C12H16N4O4/c1-18-4-8-7(19-2)3-9(20-8)16-6-15-10-11(16)13-5-14-12(10)17/h5-9H,3-4H2,1-2H3,(H,13,14,17)/t7-,8-,9-/m1/s1. The summed E-state index contributed by atoms with van der Waals surface area (Å²) >= 11 is 0. The van der Waals surface area contributed by atoms with Crippen LogP contribution in [0.25, 0.3) is 11.2 Å². The van der Waals surface area contributed by atoms with E-state index in [1.54, 1.807) is 25.1 Å². The number of hydrogen-bond donors (Lipinski definition) is 1. The molecule has 0 radical (unpaired) electrons. The van der Waals surface area contributed by atoms with Crippen LogP contribution in [0.3, 0.4) is 0 Å². The fraction of sp³-hybridized carbons (Fsp3) is 0.583. The second kappa shape index (κ2) is 5.31. The third-order valence-corrected chi connectivity index (χ3v) is 3.49. The van der Waals surface area contributed by atoms with Crippen molar-refractivity contribution in [1.82, 2.24) is 19.5 Å². The first-order valence-electron chi connectivity index (χ1n) is 6.32. The van der Waals surface area contributed by atoms with Gasteiger partial charge in [0.15, 0.2) is 11.2 Å². The molecule has 2 aromatic rings. The van der Waals surface area contributed by atoms with Crippen LogP contribution < -0.4 is 5.56 Å². The van der Waals surface area contributed by atoms with Gasteiger partial charge in [0.2, 0.25) is 0 Å². The zero-order chi connectivity index (χ0) is 14.1. The Morgan fingerprint density at radius 1 is 1.50 bits per heavy atom. The molecule has 20 heavy (non-hydrogen) atoms. The highest BCUT2D eigenvalue weighted by Crippen LogP contribution is 2.31. The molecular weight excluding hydrogens is 264 g/mol. The predicted molar refractivity (Wildman–Crippen MR) is 69.3 cm³/mol. The van der Waals surface area contributed by atoms with Crippen LogP contribution in [0.15, 0.2) is 17.4 Å². The van der Waals surface area contributed by atoms with E-state index in [1.165, 1.54) is 6.33 Å². The maximum Gasteiger partial charge on any atom is 0.278 e. The molecule has 0 aliphatic carbocycles. The van der Waals surface area contributed by atoms with Crippen LogP contribution >= 0.6 is 0 Å². The van der Waals surface area contributed by atoms with Gasteiger partial charge in [-0.05, 0) is 0 Å². The Labute approximate surface area is 114 Å². The minimum Gasteiger partial charge on any atom is -0.382 e. The molecule has 1 saturated heterocycles. The number of imidazole rings is 1. The molecule has 1 aliphatic heterocycles. The Balaban J connectivity index is 1.92. The first kappa shape index (κ1) is 13.2. The molecule has 2 aromatic heterocycles. The molecule has 0 bridgehead atoms. The van der Waals surface area contributed by atoms with E-state index >= 15 is 0 Å². The van der Waals surface area contributed by atoms with E-state index in [0.29, 0.717) is 24.2 Å². The molecule has 0 amide bonds. The van der Waals surface area contributed by atoms with Gasteiger partial charge >= 0.3 is 0 Å². The van der Waals surface area contributed by atoms with Crippen LogP contribution in [0.4, 0.5) is 0 Å². The van der Waals surface area contributed by atoms with Gasteiger partial charge in [0, 0.05) is 20.6 Å². The van der Waals surface area contributed by atoms with Gasteiger partial charge in [-0.3, -0.25) is 9.36 Å². The van der Waals surface area contributed by atoms with Crippen molar-refractivity contribution < 1.29 is 14.2 Å². The number of hydrogen-bond acceptors (Lipinski definition) is 6. The fourth-order valence-electron chi connectivity index (χ4n) is 2.51. The molecule has 0 spiro atoms. The van der Waals surface area contributed by atoms with Gasteiger partial charge in [0.25, 0.3) is 5.56 Å². The summed E-state index contributed by atoms with van der Waals surface area (Å²) in [6, 6.07) is 0. The monoisotopic (exact) mass is 280 g/mol. The highest BCUT2D eigenvalue weighted by atomic mass is 16.6. The number of nitrogens with one attached hydrogen (secondary N) is 1. The summed E-state index contributed by atoms with van der Waals surface area (Å²) in [7, 11) is 3.27. The topological polar surface area (TPSA) is 91.3 Å². The highest BCUT2D eigenvalue weighted by Gasteiger charge is 2.37. The van der Waals surface area contributed by atoms with Gasteiger partial charge in [-0.2, -0.15) is 0 Å². The van der Waals surface area contributed by atoms with Crippen molar-refractivity contribution in [3.8, 4) is 0 Å². The molecule has 8 heteroatoms. The summed E-state index contributed by atoms with van der Waals surface area (Å²) < 4.78 is 18.2. The van der Waals surface area contributed by atoms with Gasteiger partial charge in [0.1, 0.15) is 12.3 Å². The summed E-state index contributed by atoms with van der Waals surface area (Å²) in [5.41, 5.74) is 0.551. The van der Waals surface area contributed by atoms with E-state index in [1.807, 2.05) is 0 Å². The summed E-state index contributed by atoms with van der Waals surface area (Å²) in [5, 5.41) is 0. The second-order valence-corrected chi connectivity index (χ2v) is 4.65. The lowest BCUT2D eigenvalue weighted by molar-refractivity contribution is -0.0597. The van der Waals surface area contributed by atoms with Crippen molar-refractivity contribution in [2.45, 2.75) is 24.9 Å². The number of aromatic nitrogens is 4. The predicted octanol–water partition coefficient (Wildman–Crippen LogP) is 0.0685. The molecular formula is C12H16N4O4. The maximum absolute atomic E-state index is 11.6. The summed E-state index contributed by atoms with van der Waals surface area (Å²) in [6.45, 7) is 0.454. The number of nitrogens with zero attached hydrogens (tertiary/aromatic N) is 3. The van der Waals surface area contributed by atoms with E-state index in [0.717, 1.165) is 0 Å². The van der Waals surface area contributed by atoms with E-state index < -0.39 is 0 Å². The van der Waals surface area contributed by atoms with Crippen molar-refractivity contribution in [2.75, 3.05) is 20.8 Å². The molecule has 3 rings (SSSR count). The fourth-order valence-corrected chi connectivity index (χ4v) is 2.51. The Bertz CT molecular complexity index is 652. The number of fused-ring (bicyclic) bond motifs is 1. The zero-order valence-corrected chi connectivity index (χ0v) is 11.3. The van der Waals surface area contributed by atoms with Crippen molar-refractivity contribution in [2.24, 2.45) is 0 Å². The van der Waals surface area contributed by atoms with E-state index in [2.05, 4.69) is 15.0 Å². The molecule has 3 heterocycles. The van der Waals surface area contributed by atoms with Gasteiger partial charge in [-0.25, -0.2) is 9.97 Å². The highest BCUT2D eigenvalue weighted by molar-refractivity contribution is 5.68. The van der Waals surface area contributed by atoms with Crippen molar-refractivity contribution >= 4 is 11.2 Å². The lowest BCUT2D eigenvalue weighted by atomic mass is 10.2. The Morgan fingerprint density at radius 2 is 2.35 bits per heavy atom. The van der Waals surface area contributed by atoms with Crippen LogP contribution in [0.1, 0.15) is 12.6 Å². The molecule has 1 N–H and O–H groups in total. The van der Waals surface area contributed by atoms with E-state index in [4.69, 9.17) is 14.2 Å². The molecule has 108 valence electrons. The molecule has 1 fully saturated rings. The van der Waals surface area contributed by atoms with E-state index in [9.17, 15) is 4.79 Å². The first-order chi connectivity index (χ1) is 9.74. The van der Waals surface area contributed by atoms with Crippen molar-refractivity contribution in [1.29, 1.82) is 0 Å². The van der Waals surface area contributed by atoms with Crippen LogP contribution in [-0.2, 0) is 14.2 Å². The second-order valence-electron chi connectivity index (χ2n) is 4.65. The smallest absolute Gasteiger partial charge is 0.278 e. The van der Waals surface area contributed by atoms with Gasteiger partial charge < -0.3 is 19.2 Å². The van der Waals surface area contributed by atoms with Crippen LogP contribution in [0, 0.1) is 0 Å². The number of rotatable bonds is 4. The summed E-state index contributed by atoms with van der Waals surface area (Å²) in [4.78, 5) is 22.4. The lowest BCUT2D eigenvalue weighted by Crippen LogP contribution is -2.27. The SMILES string of the molecule is COC[C@H]1O[C@@H](n2cnc3c(=O)[nH]cnc32)C[C@H]1OC. The quantitative estimate of drug-likeness (QED) is 0.852. The molecule has 1 aliphatic rings. The van der Waals surface area contributed by atoms with Gasteiger partial charge in [0.05, 0.1) is 25.4 Å². The first-order valence-corrected chi connectivity index (χ1v) is 6.32. The third kappa shape index (κ3) is 2.11. The number of ether oxygens (including phenoxy) is 3. The van der Waals surface area contributed by atoms with Crippen molar-refractivity contribution in [3.05, 3.63) is 23.0 Å². The average Bonchev–Trinajstić information content (AvgIpc) is 3.03. The van der Waals surface area contributed by atoms with Gasteiger partial charge in [-0.15, -0.1) is 0 Å².